The lowest BCUT2D eigenvalue weighted by Crippen LogP contribution is -2.01. The molecule has 1 aromatic heterocycles. The van der Waals surface area contributed by atoms with Crippen molar-refractivity contribution < 1.29 is 14.6 Å². The molecule has 0 unspecified atom stereocenters. The van der Waals surface area contributed by atoms with Crippen LogP contribution in [0.2, 0.25) is 0 Å². The van der Waals surface area contributed by atoms with E-state index in [9.17, 15) is 4.79 Å². The molecule has 0 saturated heterocycles. The second-order valence-corrected chi connectivity index (χ2v) is 2.89. The molecule has 14 heavy (non-hydrogen) atoms. The summed E-state index contributed by atoms with van der Waals surface area (Å²) < 4.78 is 5.33. The van der Waals surface area contributed by atoms with Crippen LogP contribution in [0, 0.1) is 0 Å². The normalized spacial score (nSPS) is 9.79. The first kappa shape index (κ1) is 10.5. The lowest BCUT2D eigenvalue weighted by Gasteiger charge is -2.03. The van der Waals surface area contributed by atoms with Crippen molar-refractivity contribution in [2.75, 3.05) is 6.61 Å². The molecule has 0 aliphatic carbocycles. The summed E-state index contributed by atoms with van der Waals surface area (Å²) in [7, 11) is 0. The van der Waals surface area contributed by atoms with Crippen LogP contribution in [0.1, 0.15) is 30.3 Å². The fourth-order valence-electron chi connectivity index (χ4n) is 0.927. The molecule has 0 atom stereocenters. The van der Waals surface area contributed by atoms with Crippen LogP contribution in [-0.2, 0) is 0 Å². The Bertz CT molecular complexity index is 295. The van der Waals surface area contributed by atoms with Crippen LogP contribution in [0.25, 0.3) is 0 Å². The van der Waals surface area contributed by atoms with Gasteiger partial charge in [0.2, 0.25) is 0 Å². The molecule has 0 bridgehead atoms. The molecule has 0 aromatic carbocycles. The Labute approximate surface area is 82.5 Å². The minimum absolute atomic E-state index is 0.0350. The molecule has 1 heterocycles. The number of carbonyl (C=O) groups is 1. The van der Waals surface area contributed by atoms with E-state index in [4.69, 9.17) is 9.84 Å². The molecule has 1 rings (SSSR count). The maximum Gasteiger partial charge on any atom is 0.354 e. The fourth-order valence-corrected chi connectivity index (χ4v) is 0.927. The summed E-state index contributed by atoms with van der Waals surface area (Å²) in [5.74, 6) is -0.409. The summed E-state index contributed by atoms with van der Waals surface area (Å²) in [6.07, 6.45) is 3.49. The molecule has 0 aliphatic rings. The van der Waals surface area contributed by atoms with Gasteiger partial charge in [0, 0.05) is 0 Å². The van der Waals surface area contributed by atoms with Crippen molar-refractivity contribution in [3.8, 4) is 5.75 Å². The van der Waals surface area contributed by atoms with Crippen LogP contribution in [0.5, 0.6) is 5.75 Å². The van der Waals surface area contributed by atoms with Crippen molar-refractivity contribution in [2.45, 2.75) is 19.8 Å². The summed E-state index contributed by atoms with van der Waals surface area (Å²) >= 11 is 0. The Kier molecular flexibility index (Phi) is 3.91. The minimum Gasteiger partial charge on any atom is -0.492 e. The zero-order valence-corrected chi connectivity index (χ0v) is 8.06. The first-order chi connectivity index (χ1) is 6.74. The summed E-state index contributed by atoms with van der Waals surface area (Å²) in [6, 6.07) is 3.05. The lowest BCUT2D eigenvalue weighted by atomic mass is 10.3. The van der Waals surface area contributed by atoms with Gasteiger partial charge in [-0.3, -0.25) is 0 Å². The summed E-state index contributed by atoms with van der Waals surface area (Å²) in [5.41, 5.74) is 0.0350. The molecular weight excluding hydrogens is 182 g/mol. The molecule has 0 saturated carbocycles. The predicted molar refractivity (Wildman–Crippen MR) is 51.6 cm³/mol. The molecule has 0 amide bonds. The van der Waals surface area contributed by atoms with Gasteiger partial charge in [0.25, 0.3) is 0 Å². The first-order valence-electron chi connectivity index (χ1n) is 4.56. The van der Waals surface area contributed by atoms with Gasteiger partial charge < -0.3 is 9.84 Å². The van der Waals surface area contributed by atoms with Gasteiger partial charge in [-0.25, -0.2) is 9.78 Å². The molecule has 76 valence electrons. The van der Waals surface area contributed by atoms with E-state index in [1.165, 1.54) is 12.3 Å². The van der Waals surface area contributed by atoms with E-state index in [1.54, 1.807) is 6.07 Å². The predicted octanol–water partition coefficient (Wildman–Crippen LogP) is 1.96. The van der Waals surface area contributed by atoms with E-state index in [1.807, 2.05) is 0 Å². The number of hydrogen-bond acceptors (Lipinski definition) is 3. The minimum atomic E-state index is -1.02. The Morgan fingerprint density at radius 1 is 1.57 bits per heavy atom. The summed E-state index contributed by atoms with van der Waals surface area (Å²) in [5, 5.41) is 8.59. The highest BCUT2D eigenvalue weighted by molar-refractivity contribution is 5.85. The first-order valence-corrected chi connectivity index (χ1v) is 4.56. The number of aromatic nitrogens is 1. The Hall–Kier alpha value is -1.58. The number of unbranched alkanes of at least 4 members (excludes halogenated alkanes) is 1. The topological polar surface area (TPSA) is 59.4 Å². The van der Waals surface area contributed by atoms with Crippen LogP contribution in [0.3, 0.4) is 0 Å². The highest BCUT2D eigenvalue weighted by atomic mass is 16.5. The van der Waals surface area contributed by atoms with Gasteiger partial charge in [-0.05, 0) is 18.6 Å². The molecule has 0 radical (unpaired) electrons. The Morgan fingerprint density at radius 3 is 2.86 bits per heavy atom. The van der Waals surface area contributed by atoms with Crippen LogP contribution < -0.4 is 4.74 Å². The number of carboxylic acids is 1. The number of nitrogens with zero attached hydrogens (tertiary/aromatic N) is 1. The summed E-state index contributed by atoms with van der Waals surface area (Å²) in [6.45, 7) is 2.72. The molecule has 1 N–H and O–H groups in total. The van der Waals surface area contributed by atoms with Gasteiger partial charge in [-0.15, -0.1) is 0 Å². The third kappa shape index (κ3) is 3.05. The number of rotatable bonds is 5. The van der Waals surface area contributed by atoms with E-state index in [0.717, 1.165) is 12.8 Å². The smallest absolute Gasteiger partial charge is 0.354 e. The highest BCUT2D eigenvalue weighted by Crippen LogP contribution is 2.09. The monoisotopic (exact) mass is 195 g/mol. The Balaban J connectivity index is 2.51. The van der Waals surface area contributed by atoms with Crippen molar-refractivity contribution in [2.24, 2.45) is 0 Å². The van der Waals surface area contributed by atoms with Crippen LogP contribution in [0.15, 0.2) is 18.3 Å². The number of carboxylic acid groups (broad SMARTS) is 1. The van der Waals surface area contributed by atoms with Crippen molar-refractivity contribution >= 4 is 5.97 Å². The molecule has 0 spiro atoms. The fraction of sp³-hybridized carbons (Fsp3) is 0.400. The number of pyridine rings is 1. The van der Waals surface area contributed by atoms with Gasteiger partial charge in [0.05, 0.1) is 12.8 Å². The highest BCUT2D eigenvalue weighted by Gasteiger charge is 2.03. The number of aromatic carboxylic acids is 1. The summed E-state index contributed by atoms with van der Waals surface area (Å²) in [4.78, 5) is 14.2. The third-order valence-electron chi connectivity index (χ3n) is 1.72. The second kappa shape index (κ2) is 5.21. The third-order valence-corrected chi connectivity index (χ3v) is 1.72. The SMILES string of the molecule is CCCCOc1ccc(C(=O)O)nc1. The van der Waals surface area contributed by atoms with E-state index in [0.29, 0.717) is 12.4 Å². The van der Waals surface area contributed by atoms with Gasteiger partial charge in [0.15, 0.2) is 0 Å². The largest absolute Gasteiger partial charge is 0.492 e. The van der Waals surface area contributed by atoms with E-state index < -0.39 is 5.97 Å². The maximum atomic E-state index is 10.5. The Morgan fingerprint density at radius 2 is 2.36 bits per heavy atom. The van der Waals surface area contributed by atoms with E-state index in [-0.39, 0.29) is 5.69 Å². The molecule has 4 heteroatoms. The zero-order valence-electron chi connectivity index (χ0n) is 8.06. The molecular formula is C10H13NO3. The zero-order chi connectivity index (χ0) is 10.4. The average Bonchev–Trinajstić information content (AvgIpc) is 2.19. The van der Waals surface area contributed by atoms with Crippen LogP contribution >= 0.6 is 0 Å². The van der Waals surface area contributed by atoms with Crippen molar-refractivity contribution in [3.63, 3.8) is 0 Å². The van der Waals surface area contributed by atoms with Crippen molar-refractivity contribution in [1.29, 1.82) is 0 Å². The van der Waals surface area contributed by atoms with E-state index in [2.05, 4.69) is 11.9 Å². The average molecular weight is 195 g/mol. The standard InChI is InChI=1S/C10H13NO3/c1-2-3-6-14-8-4-5-9(10(12)13)11-7-8/h4-5,7H,2-3,6H2,1H3,(H,12,13). The molecule has 0 fully saturated rings. The van der Waals surface area contributed by atoms with Gasteiger partial charge >= 0.3 is 5.97 Å². The van der Waals surface area contributed by atoms with Crippen molar-refractivity contribution in [3.05, 3.63) is 24.0 Å². The van der Waals surface area contributed by atoms with Gasteiger partial charge in [0.1, 0.15) is 11.4 Å². The number of hydrogen-bond donors (Lipinski definition) is 1. The van der Waals surface area contributed by atoms with Gasteiger partial charge in [-0.2, -0.15) is 0 Å². The molecule has 4 nitrogen and oxygen atoms in total. The lowest BCUT2D eigenvalue weighted by molar-refractivity contribution is 0.0690. The molecule has 0 aliphatic heterocycles. The van der Waals surface area contributed by atoms with Crippen LogP contribution in [0.4, 0.5) is 0 Å². The van der Waals surface area contributed by atoms with Gasteiger partial charge in [-0.1, -0.05) is 13.3 Å². The van der Waals surface area contributed by atoms with Crippen molar-refractivity contribution in [1.82, 2.24) is 4.98 Å². The molecule has 1 aromatic rings. The van der Waals surface area contributed by atoms with E-state index >= 15 is 0 Å². The second-order valence-electron chi connectivity index (χ2n) is 2.89. The van der Waals surface area contributed by atoms with Crippen LogP contribution in [-0.4, -0.2) is 22.7 Å². The number of ether oxygens (including phenoxy) is 1. The quantitative estimate of drug-likeness (QED) is 0.729. The maximum absolute atomic E-state index is 10.5.